The van der Waals surface area contributed by atoms with Crippen molar-refractivity contribution < 1.29 is 58.7 Å². The predicted molar refractivity (Wildman–Crippen MR) is 213 cm³/mol. The predicted octanol–water partition coefficient (Wildman–Crippen LogP) is 1.84. The first kappa shape index (κ1) is 49.2. The van der Waals surface area contributed by atoms with E-state index in [4.69, 9.17) is 18.9 Å². The number of nitro groups is 1. The molecule has 58 heavy (non-hydrogen) atoms. The van der Waals surface area contributed by atoms with Gasteiger partial charge in [-0.2, -0.15) is 0 Å². The summed E-state index contributed by atoms with van der Waals surface area (Å²) in [6, 6.07) is 5.19. The molecular weight excluding hydrogens is 756 g/mol. The van der Waals surface area contributed by atoms with Gasteiger partial charge >= 0.3 is 5.97 Å². The zero-order valence-corrected chi connectivity index (χ0v) is 36.0. The van der Waals surface area contributed by atoms with Crippen LogP contribution in [0.15, 0.2) is 24.3 Å². The van der Waals surface area contributed by atoms with E-state index in [0.717, 1.165) is 5.56 Å². The number of nitro benzene ring substituents is 1. The standard InChI is InChI=1S/C41H68N4O13/c1-12-32-41(8,52)35(49)27(6)37(50)42-23(2)20-40(7,55-22-30(46)21-44(11)18-17-28-13-15-29(16-14-28)45(53)54)36(25(4)33(47)26(5)38(51)57-32)58-39-34(48)31(43(9)10)19-24(3)56-39/h13-16,23-27,30-32,34-36,39,46,48-49,52H,12,17-22H2,1-11H3,(H,42,50)/t23-,24-,25+,26-,27-,30+,31+,32-,34-,35-,36-,39+,40-,41-/m1/s1. The van der Waals surface area contributed by atoms with Gasteiger partial charge in [0, 0.05) is 43.2 Å². The maximum atomic E-state index is 14.4. The van der Waals surface area contributed by atoms with E-state index in [0.29, 0.717) is 19.4 Å². The van der Waals surface area contributed by atoms with E-state index in [-0.39, 0.29) is 43.8 Å². The largest absolute Gasteiger partial charge is 0.459 e. The number of amides is 1. The number of carbonyl (C=O) groups is 3. The third-order valence-corrected chi connectivity index (χ3v) is 11.8. The molecule has 0 saturated carbocycles. The van der Waals surface area contributed by atoms with E-state index in [1.165, 1.54) is 32.9 Å². The van der Waals surface area contributed by atoms with Gasteiger partial charge in [0.05, 0.1) is 47.5 Å². The van der Waals surface area contributed by atoms with Crippen LogP contribution in [0.3, 0.4) is 0 Å². The average Bonchev–Trinajstić information content (AvgIpc) is 3.16. The molecule has 17 nitrogen and oxygen atoms in total. The molecule has 1 amide bonds. The number of ether oxygens (including phenoxy) is 4. The third-order valence-electron chi connectivity index (χ3n) is 11.8. The van der Waals surface area contributed by atoms with Crippen molar-refractivity contribution in [2.75, 3.05) is 40.8 Å². The van der Waals surface area contributed by atoms with Crippen molar-refractivity contribution in [3.05, 3.63) is 39.9 Å². The number of nitrogens with zero attached hydrogens (tertiary/aromatic N) is 3. The number of likely N-dealkylation sites (N-methyl/N-ethyl adjacent to an activating group) is 2. The Hall–Kier alpha value is -3.13. The molecular formula is C41H68N4O13. The number of ketones is 1. The molecule has 0 bridgehead atoms. The number of non-ortho nitro benzene ring substituents is 1. The minimum atomic E-state index is -2.05. The van der Waals surface area contributed by atoms with E-state index in [2.05, 4.69) is 5.32 Å². The summed E-state index contributed by atoms with van der Waals surface area (Å²) >= 11 is 0. The molecule has 0 spiro atoms. The molecule has 1 aromatic carbocycles. The summed E-state index contributed by atoms with van der Waals surface area (Å²) in [7, 11) is 5.46. The Morgan fingerprint density at radius 2 is 1.66 bits per heavy atom. The summed E-state index contributed by atoms with van der Waals surface area (Å²) in [6.45, 7) is 13.0. The second-order valence-corrected chi connectivity index (χ2v) is 17.2. The third kappa shape index (κ3) is 12.5. The smallest absolute Gasteiger partial charge is 0.316 e. The number of cyclic esters (lactones) is 1. The maximum absolute atomic E-state index is 14.4. The number of hydrogen-bond donors (Lipinski definition) is 5. The van der Waals surface area contributed by atoms with Crippen LogP contribution in [0.1, 0.15) is 80.2 Å². The molecule has 0 aromatic heterocycles. The molecule has 2 heterocycles. The Bertz CT molecular complexity index is 1530. The summed E-state index contributed by atoms with van der Waals surface area (Å²) < 4.78 is 25.1. The molecule has 2 saturated heterocycles. The number of aliphatic hydroxyl groups excluding tert-OH is 3. The van der Waals surface area contributed by atoms with Crippen LogP contribution in [-0.2, 0) is 39.8 Å². The van der Waals surface area contributed by atoms with Gasteiger partial charge in [0.2, 0.25) is 5.91 Å². The summed E-state index contributed by atoms with van der Waals surface area (Å²) in [4.78, 5) is 55.9. The number of aliphatic hydroxyl groups is 4. The van der Waals surface area contributed by atoms with Gasteiger partial charge in [0.25, 0.3) is 5.69 Å². The highest BCUT2D eigenvalue weighted by molar-refractivity contribution is 6.00. The molecule has 3 rings (SSSR count). The zero-order valence-electron chi connectivity index (χ0n) is 36.0. The Morgan fingerprint density at radius 1 is 1.03 bits per heavy atom. The summed E-state index contributed by atoms with van der Waals surface area (Å²) in [6.07, 6.45) is -6.81. The quantitative estimate of drug-likeness (QED) is 0.0827. The van der Waals surface area contributed by atoms with Crippen molar-refractivity contribution in [1.82, 2.24) is 15.1 Å². The van der Waals surface area contributed by atoms with Crippen molar-refractivity contribution in [3.8, 4) is 0 Å². The fourth-order valence-electron chi connectivity index (χ4n) is 8.13. The van der Waals surface area contributed by atoms with E-state index in [9.17, 15) is 44.9 Å². The Kier molecular flexibility index (Phi) is 17.7. The lowest BCUT2D eigenvalue weighted by Crippen LogP contribution is -2.60. The van der Waals surface area contributed by atoms with Crippen molar-refractivity contribution in [2.45, 2.75) is 147 Å². The van der Waals surface area contributed by atoms with Crippen LogP contribution in [0.2, 0.25) is 0 Å². The first-order valence-electron chi connectivity index (χ1n) is 20.3. The number of benzene rings is 1. The number of nitrogens with one attached hydrogen (secondary N) is 1. The topological polar surface area (TPSA) is 231 Å². The lowest BCUT2D eigenvalue weighted by atomic mass is 9.79. The van der Waals surface area contributed by atoms with E-state index < -0.39 is 94.4 Å². The van der Waals surface area contributed by atoms with Crippen LogP contribution in [0.4, 0.5) is 5.69 Å². The lowest BCUT2D eigenvalue weighted by Gasteiger charge is -2.47. The highest BCUT2D eigenvalue weighted by Gasteiger charge is 2.51. The zero-order chi connectivity index (χ0) is 43.9. The number of Topliss-reactive ketones (excluding diaryl/α,β-unsaturated/α-hetero) is 1. The summed E-state index contributed by atoms with van der Waals surface area (Å²) in [5.41, 5.74) is -2.68. The normalized spacial score (nSPS) is 36.5. The molecule has 0 unspecified atom stereocenters. The van der Waals surface area contributed by atoms with Crippen LogP contribution in [0.5, 0.6) is 0 Å². The molecule has 1 aromatic rings. The van der Waals surface area contributed by atoms with Crippen molar-refractivity contribution in [2.24, 2.45) is 17.8 Å². The second-order valence-electron chi connectivity index (χ2n) is 17.2. The van der Waals surface area contributed by atoms with E-state index >= 15 is 0 Å². The molecule has 14 atom stereocenters. The van der Waals surface area contributed by atoms with Gasteiger partial charge in [-0.05, 0) is 87.0 Å². The summed E-state index contributed by atoms with van der Waals surface area (Å²) in [5, 5.41) is 59.5. The van der Waals surface area contributed by atoms with Gasteiger partial charge in [-0.1, -0.05) is 32.9 Å². The van der Waals surface area contributed by atoms with Gasteiger partial charge in [0.15, 0.2) is 12.1 Å². The van der Waals surface area contributed by atoms with Gasteiger partial charge in [-0.25, -0.2) is 0 Å². The number of carbonyl (C=O) groups excluding carboxylic acids is 3. The number of esters is 1. The fraction of sp³-hybridized carbons (Fsp3) is 0.780. The molecule has 2 aliphatic heterocycles. The first-order chi connectivity index (χ1) is 26.9. The van der Waals surface area contributed by atoms with Crippen LogP contribution in [0.25, 0.3) is 0 Å². The lowest BCUT2D eigenvalue weighted by molar-refractivity contribution is -0.384. The monoisotopic (exact) mass is 824 g/mol. The Morgan fingerprint density at radius 3 is 2.22 bits per heavy atom. The molecule has 0 aliphatic carbocycles. The molecule has 2 aliphatic rings. The van der Waals surface area contributed by atoms with Gasteiger partial charge in [0.1, 0.15) is 23.7 Å². The van der Waals surface area contributed by atoms with Crippen LogP contribution >= 0.6 is 0 Å². The average molecular weight is 825 g/mol. The van der Waals surface area contributed by atoms with Gasteiger partial charge in [-0.15, -0.1) is 0 Å². The minimum absolute atomic E-state index is 0.00464. The molecule has 0 radical (unpaired) electrons. The minimum Gasteiger partial charge on any atom is -0.459 e. The molecule has 17 heteroatoms. The Balaban J connectivity index is 2.01. The SMILES string of the molecule is CC[C@H]1OC(=O)[C@H](C)C(=O)[C@H](C)[C@@H](O[C@@H]2O[C@H](C)C[C@H](N(C)C)[C@H]2O)[C@](C)(OC[C@@H](O)CN(C)CCc2ccc([N+](=O)[O-])cc2)C[C@@H](C)NC(=O)[C@H](C)[C@@H](O)[C@]1(C)O. The van der Waals surface area contributed by atoms with E-state index in [1.54, 1.807) is 39.8 Å². The van der Waals surface area contributed by atoms with E-state index in [1.807, 2.05) is 37.9 Å². The van der Waals surface area contributed by atoms with Gasteiger partial charge < -0.3 is 54.5 Å². The van der Waals surface area contributed by atoms with Crippen LogP contribution in [0, 0.1) is 27.9 Å². The first-order valence-corrected chi connectivity index (χ1v) is 20.3. The number of rotatable bonds is 13. The molecule has 2 fully saturated rings. The molecule has 330 valence electrons. The fourth-order valence-corrected chi connectivity index (χ4v) is 8.13. The molecule has 5 N–H and O–H groups in total. The Labute approximate surface area is 342 Å². The van der Waals surface area contributed by atoms with Crippen LogP contribution in [-0.4, -0.2) is 160 Å². The van der Waals surface area contributed by atoms with Gasteiger partial charge in [-0.3, -0.25) is 24.5 Å². The maximum Gasteiger partial charge on any atom is 0.316 e. The van der Waals surface area contributed by atoms with Crippen molar-refractivity contribution >= 4 is 23.3 Å². The van der Waals surface area contributed by atoms with Crippen molar-refractivity contribution in [3.63, 3.8) is 0 Å². The summed E-state index contributed by atoms with van der Waals surface area (Å²) in [5.74, 6) is -5.77. The van der Waals surface area contributed by atoms with Crippen molar-refractivity contribution in [1.29, 1.82) is 0 Å². The van der Waals surface area contributed by atoms with Crippen LogP contribution < -0.4 is 5.32 Å². The number of hydrogen-bond acceptors (Lipinski definition) is 15. The highest BCUT2D eigenvalue weighted by atomic mass is 16.7. The highest BCUT2D eigenvalue weighted by Crippen LogP contribution is 2.36. The second kappa shape index (κ2) is 20.9.